The van der Waals surface area contributed by atoms with Gasteiger partial charge in [-0.1, -0.05) is 77.0 Å². The molecule has 4 rings (SSSR count). The summed E-state index contributed by atoms with van der Waals surface area (Å²) in [4.78, 5) is 10.7. The van der Waals surface area contributed by atoms with Gasteiger partial charge < -0.3 is 5.11 Å². The average molecular weight is 346 g/mol. The lowest BCUT2D eigenvalue weighted by Gasteiger charge is -2.42. The molecular formula is C22H35NO2. The van der Waals surface area contributed by atoms with E-state index in [1.807, 2.05) is 0 Å². The molecule has 4 saturated carbocycles. The molecule has 0 saturated heterocycles. The van der Waals surface area contributed by atoms with Gasteiger partial charge in [0.15, 0.2) is 0 Å². The molecule has 1 N–H and O–H groups in total. The van der Waals surface area contributed by atoms with E-state index in [-0.39, 0.29) is 0 Å². The molecule has 0 heterocycles. The Kier molecular flexibility index (Phi) is 6.79. The SMILES string of the molecule is N#CCC(C1CCC1)C1CCC1.O=C(O)CC(C1CCC1)C1CCC1. The molecule has 0 aliphatic heterocycles. The lowest BCUT2D eigenvalue weighted by molar-refractivity contribution is -0.140. The Balaban J connectivity index is 0.000000146. The van der Waals surface area contributed by atoms with Crippen LogP contribution in [0.3, 0.4) is 0 Å². The predicted molar refractivity (Wildman–Crippen MR) is 98.8 cm³/mol. The van der Waals surface area contributed by atoms with Gasteiger partial charge in [-0.15, -0.1) is 0 Å². The van der Waals surface area contributed by atoms with E-state index in [0.29, 0.717) is 12.3 Å². The summed E-state index contributed by atoms with van der Waals surface area (Å²) >= 11 is 0. The molecule has 0 unspecified atom stereocenters. The summed E-state index contributed by atoms with van der Waals surface area (Å²) < 4.78 is 0. The second-order valence-corrected chi connectivity index (χ2v) is 9.05. The van der Waals surface area contributed by atoms with Gasteiger partial charge in [-0.05, 0) is 35.5 Å². The highest BCUT2D eigenvalue weighted by Crippen LogP contribution is 2.46. The summed E-state index contributed by atoms with van der Waals surface area (Å²) in [5.74, 6) is 4.05. The van der Waals surface area contributed by atoms with Gasteiger partial charge >= 0.3 is 5.97 Å². The number of nitrogens with zero attached hydrogens (tertiary/aromatic N) is 1. The van der Waals surface area contributed by atoms with Gasteiger partial charge in [0.2, 0.25) is 0 Å². The highest BCUT2D eigenvalue weighted by Gasteiger charge is 2.37. The molecule has 0 atom stereocenters. The molecule has 3 heteroatoms. The van der Waals surface area contributed by atoms with Crippen LogP contribution < -0.4 is 0 Å². The normalized spacial score (nSPS) is 24.4. The van der Waals surface area contributed by atoms with Crippen LogP contribution in [0.25, 0.3) is 0 Å². The maximum atomic E-state index is 10.7. The fraction of sp³-hybridized carbons (Fsp3) is 0.909. The number of rotatable bonds is 7. The van der Waals surface area contributed by atoms with E-state index in [1.54, 1.807) is 0 Å². The molecular weight excluding hydrogens is 310 g/mol. The van der Waals surface area contributed by atoms with Crippen molar-refractivity contribution in [1.29, 1.82) is 5.26 Å². The molecule has 0 amide bonds. The Labute approximate surface area is 153 Å². The fourth-order valence-corrected chi connectivity index (χ4v) is 5.22. The Morgan fingerprint density at radius 2 is 1.16 bits per heavy atom. The van der Waals surface area contributed by atoms with E-state index in [0.717, 1.165) is 36.0 Å². The average Bonchev–Trinajstić information content (AvgIpc) is 2.30. The number of nitriles is 1. The van der Waals surface area contributed by atoms with E-state index in [1.165, 1.54) is 77.0 Å². The molecule has 0 spiro atoms. The molecule has 25 heavy (non-hydrogen) atoms. The second-order valence-electron chi connectivity index (χ2n) is 9.05. The van der Waals surface area contributed by atoms with E-state index >= 15 is 0 Å². The Morgan fingerprint density at radius 1 is 0.800 bits per heavy atom. The van der Waals surface area contributed by atoms with Crippen LogP contribution in [0.1, 0.15) is 89.9 Å². The van der Waals surface area contributed by atoms with Gasteiger partial charge in [0.25, 0.3) is 0 Å². The zero-order valence-corrected chi connectivity index (χ0v) is 15.7. The minimum Gasteiger partial charge on any atom is -0.481 e. The fourth-order valence-electron chi connectivity index (χ4n) is 5.22. The van der Waals surface area contributed by atoms with E-state index in [2.05, 4.69) is 6.07 Å². The molecule has 0 bridgehead atoms. The van der Waals surface area contributed by atoms with Crippen LogP contribution in [0, 0.1) is 46.8 Å². The van der Waals surface area contributed by atoms with Crippen LogP contribution in [0.5, 0.6) is 0 Å². The first-order chi connectivity index (χ1) is 12.2. The van der Waals surface area contributed by atoms with Gasteiger partial charge in [0.1, 0.15) is 0 Å². The maximum Gasteiger partial charge on any atom is 0.303 e. The molecule has 4 aliphatic carbocycles. The molecule has 3 nitrogen and oxygen atoms in total. The quantitative estimate of drug-likeness (QED) is 0.635. The van der Waals surface area contributed by atoms with Crippen molar-refractivity contribution in [3.8, 4) is 6.07 Å². The van der Waals surface area contributed by atoms with Crippen LogP contribution in [0.2, 0.25) is 0 Å². The lowest BCUT2D eigenvalue weighted by atomic mass is 9.63. The molecule has 4 aliphatic rings. The zero-order valence-electron chi connectivity index (χ0n) is 15.7. The number of carbonyl (C=O) groups is 1. The van der Waals surface area contributed by atoms with Gasteiger partial charge in [0, 0.05) is 12.8 Å². The third kappa shape index (κ3) is 4.78. The number of hydrogen-bond acceptors (Lipinski definition) is 2. The van der Waals surface area contributed by atoms with Crippen molar-refractivity contribution in [3.63, 3.8) is 0 Å². The van der Waals surface area contributed by atoms with E-state index in [9.17, 15) is 4.79 Å². The minimum absolute atomic E-state index is 0.426. The monoisotopic (exact) mass is 345 g/mol. The molecule has 0 radical (unpaired) electrons. The molecule has 4 fully saturated rings. The molecule has 140 valence electrons. The van der Waals surface area contributed by atoms with Crippen LogP contribution in [0.4, 0.5) is 0 Å². The predicted octanol–water partition coefficient (Wildman–Crippen LogP) is 5.79. The largest absolute Gasteiger partial charge is 0.481 e. The van der Waals surface area contributed by atoms with Gasteiger partial charge in [0.05, 0.1) is 6.07 Å². The number of carboxylic acids is 1. The van der Waals surface area contributed by atoms with Gasteiger partial charge in [-0.25, -0.2) is 0 Å². The van der Waals surface area contributed by atoms with Crippen molar-refractivity contribution in [2.24, 2.45) is 35.5 Å². The first-order valence-electron chi connectivity index (χ1n) is 10.8. The first-order valence-corrected chi connectivity index (χ1v) is 10.8. The van der Waals surface area contributed by atoms with Gasteiger partial charge in [-0.3, -0.25) is 4.79 Å². The van der Waals surface area contributed by atoms with Gasteiger partial charge in [-0.2, -0.15) is 5.26 Å². The van der Waals surface area contributed by atoms with Crippen LogP contribution in [-0.2, 0) is 4.79 Å². The summed E-state index contributed by atoms with van der Waals surface area (Å²) in [5.41, 5.74) is 0. The molecule has 0 aromatic heterocycles. The van der Waals surface area contributed by atoms with Crippen LogP contribution >= 0.6 is 0 Å². The van der Waals surface area contributed by atoms with Crippen molar-refractivity contribution in [1.82, 2.24) is 0 Å². The first kappa shape index (κ1) is 18.7. The Hall–Kier alpha value is -1.04. The van der Waals surface area contributed by atoms with Crippen molar-refractivity contribution in [3.05, 3.63) is 0 Å². The topological polar surface area (TPSA) is 61.1 Å². The standard InChI is InChI=1S/C11H17N.C11H18O2/c12-8-7-11(9-3-1-4-9)10-5-2-6-10;12-11(13)7-10(8-3-1-4-8)9-5-2-6-9/h9-11H,1-7H2;8-10H,1-7H2,(H,12,13). The Morgan fingerprint density at radius 3 is 1.40 bits per heavy atom. The highest BCUT2D eigenvalue weighted by molar-refractivity contribution is 5.67. The smallest absolute Gasteiger partial charge is 0.303 e. The number of hydrogen-bond donors (Lipinski definition) is 1. The van der Waals surface area contributed by atoms with Crippen molar-refractivity contribution in [2.75, 3.05) is 0 Å². The van der Waals surface area contributed by atoms with Crippen molar-refractivity contribution >= 4 is 5.97 Å². The minimum atomic E-state index is -0.594. The number of carboxylic acid groups (broad SMARTS) is 1. The van der Waals surface area contributed by atoms with Crippen molar-refractivity contribution < 1.29 is 9.90 Å². The molecule has 0 aromatic rings. The van der Waals surface area contributed by atoms with Crippen LogP contribution in [0.15, 0.2) is 0 Å². The summed E-state index contributed by atoms with van der Waals surface area (Å²) in [7, 11) is 0. The van der Waals surface area contributed by atoms with E-state index < -0.39 is 5.97 Å². The summed E-state index contributed by atoms with van der Waals surface area (Å²) in [6, 6.07) is 2.37. The third-order valence-corrected chi connectivity index (χ3v) is 7.76. The summed E-state index contributed by atoms with van der Waals surface area (Å²) in [5, 5.41) is 17.5. The zero-order chi connectivity index (χ0) is 17.6. The summed E-state index contributed by atoms with van der Waals surface area (Å²) in [6.45, 7) is 0. The third-order valence-electron chi connectivity index (χ3n) is 7.76. The Bertz CT molecular complexity index is 439. The highest BCUT2D eigenvalue weighted by atomic mass is 16.4. The van der Waals surface area contributed by atoms with Crippen LogP contribution in [-0.4, -0.2) is 11.1 Å². The summed E-state index contributed by atoms with van der Waals surface area (Å²) in [6.07, 6.45) is 17.5. The number of aliphatic carboxylic acids is 1. The van der Waals surface area contributed by atoms with Crippen molar-refractivity contribution in [2.45, 2.75) is 89.9 Å². The van der Waals surface area contributed by atoms with E-state index in [4.69, 9.17) is 10.4 Å². The second kappa shape index (κ2) is 9.06. The lowest BCUT2D eigenvalue weighted by Crippen LogP contribution is -2.33. The maximum absolute atomic E-state index is 10.7. The molecule has 0 aromatic carbocycles.